The number of hydrogen-bond donors (Lipinski definition) is 2. The molecule has 110 valence electrons. The number of anilines is 2. The van der Waals surface area contributed by atoms with Gasteiger partial charge in [-0.15, -0.1) is 0 Å². The predicted molar refractivity (Wildman–Crippen MR) is 95.9 cm³/mol. The Morgan fingerprint density at radius 2 is 1.86 bits per heavy atom. The lowest BCUT2D eigenvalue weighted by molar-refractivity contribution is 0.102. The molecule has 0 bridgehead atoms. The maximum atomic E-state index is 12.3. The third kappa shape index (κ3) is 4.28. The molecule has 1 amide bonds. The molecule has 0 unspecified atom stereocenters. The summed E-state index contributed by atoms with van der Waals surface area (Å²) in [7, 11) is 0. The molecular formula is C14H12Br3N3O. The van der Waals surface area contributed by atoms with Crippen LogP contribution >= 0.6 is 47.8 Å². The third-order valence-corrected chi connectivity index (χ3v) is 4.29. The van der Waals surface area contributed by atoms with E-state index in [1.165, 1.54) is 0 Å². The number of nitrogens with one attached hydrogen (secondary N) is 2. The Labute approximate surface area is 148 Å². The highest BCUT2D eigenvalue weighted by Gasteiger charge is 2.13. The summed E-state index contributed by atoms with van der Waals surface area (Å²) < 4.78 is 2.46. The van der Waals surface area contributed by atoms with Crippen molar-refractivity contribution in [3.8, 4) is 0 Å². The smallest absolute Gasteiger partial charge is 0.274 e. The largest absolute Gasteiger partial charge is 0.370 e. The van der Waals surface area contributed by atoms with E-state index in [0.29, 0.717) is 17.2 Å². The number of carbonyl (C=O) groups is 1. The summed E-state index contributed by atoms with van der Waals surface area (Å²) in [5.41, 5.74) is 1.02. The van der Waals surface area contributed by atoms with Crippen LogP contribution in [0, 0.1) is 0 Å². The van der Waals surface area contributed by atoms with E-state index in [0.717, 1.165) is 20.0 Å². The van der Waals surface area contributed by atoms with Crippen LogP contribution in [0.5, 0.6) is 0 Å². The minimum absolute atomic E-state index is 0.265. The zero-order valence-electron chi connectivity index (χ0n) is 11.1. The van der Waals surface area contributed by atoms with E-state index >= 15 is 0 Å². The minimum Gasteiger partial charge on any atom is -0.370 e. The lowest BCUT2D eigenvalue weighted by Gasteiger charge is -2.11. The molecule has 0 saturated heterocycles. The molecule has 0 aliphatic rings. The van der Waals surface area contributed by atoms with E-state index < -0.39 is 0 Å². The summed E-state index contributed by atoms with van der Waals surface area (Å²) in [4.78, 5) is 16.6. The van der Waals surface area contributed by atoms with Gasteiger partial charge in [0.2, 0.25) is 0 Å². The fourth-order valence-corrected chi connectivity index (χ4v) is 4.14. The van der Waals surface area contributed by atoms with E-state index in [9.17, 15) is 4.79 Å². The first-order valence-corrected chi connectivity index (χ1v) is 8.56. The molecule has 2 aromatic rings. The highest BCUT2D eigenvalue weighted by atomic mass is 79.9. The fraction of sp³-hybridized carbons (Fsp3) is 0.143. The van der Waals surface area contributed by atoms with Gasteiger partial charge in [0.05, 0.1) is 5.69 Å². The molecule has 0 saturated carbocycles. The second kappa shape index (κ2) is 7.38. The van der Waals surface area contributed by atoms with E-state index in [-0.39, 0.29) is 5.91 Å². The van der Waals surface area contributed by atoms with Gasteiger partial charge in [-0.05, 0) is 63.0 Å². The minimum atomic E-state index is -0.265. The van der Waals surface area contributed by atoms with Crippen molar-refractivity contribution < 1.29 is 4.79 Å². The number of benzene rings is 1. The van der Waals surface area contributed by atoms with E-state index in [1.807, 2.05) is 25.1 Å². The van der Waals surface area contributed by atoms with Crippen LogP contribution in [0.1, 0.15) is 17.4 Å². The Kier molecular flexibility index (Phi) is 5.78. The Morgan fingerprint density at radius 1 is 1.19 bits per heavy atom. The molecule has 0 aliphatic carbocycles. The maximum Gasteiger partial charge on any atom is 0.274 e. The van der Waals surface area contributed by atoms with Crippen molar-refractivity contribution in [1.29, 1.82) is 0 Å². The maximum absolute atomic E-state index is 12.3. The molecule has 4 nitrogen and oxygen atoms in total. The van der Waals surface area contributed by atoms with Gasteiger partial charge < -0.3 is 10.6 Å². The summed E-state index contributed by atoms with van der Waals surface area (Å²) >= 11 is 10.3. The van der Waals surface area contributed by atoms with Gasteiger partial charge in [-0.25, -0.2) is 4.98 Å². The number of halogens is 3. The van der Waals surface area contributed by atoms with Gasteiger partial charge in [0.15, 0.2) is 0 Å². The summed E-state index contributed by atoms with van der Waals surface area (Å²) in [6, 6.07) is 9.03. The first-order chi connectivity index (χ1) is 10.0. The predicted octanol–water partition coefficient (Wildman–Crippen LogP) is 5.05. The molecular weight excluding hydrogens is 466 g/mol. The highest BCUT2D eigenvalue weighted by Crippen LogP contribution is 2.34. The molecule has 1 aromatic carbocycles. The third-order valence-electron chi connectivity index (χ3n) is 2.59. The first-order valence-electron chi connectivity index (χ1n) is 6.18. The normalized spacial score (nSPS) is 10.3. The van der Waals surface area contributed by atoms with E-state index in [2.05, 4.69) is 63.4 Å². The second-order valence-electron chi connectivity index (χ2n) is 4.14. The van der Waals surface area contributed by atoms with Crippen LogP contribution in [0.3, 0.4) is 0 Å². The molecule has 7 heteroatoms. The van der Waals surface area contributed by atoms with Gasteiger partial charge in [0.1, 0.15) is 11.5 Å². The van der Waals surface area contributed by atoms with Gasteiger partial charge in [-0.2, -0.15) is 0 Å². The standard InChI is InChI=1S/C14H12Br3N3O/c1-2-18-12-5-3-4-11(19-12)14(21)20-13-9(16)6-8(15)7-10(13)17/h3-7H,2H2,1H3,(H,18,19)(H,20,21). The number of pyridine rings is 1. The van der Waals surface area contributed by atoms with Crippen LogP contribution in [0.2, 0.25) is 0 Å². The SMILES string of the molecule is CCNc1cccc(C(=O)Nc2c(Br)cc(Br)cc2Br)n1. The lowest BCUT2D eigenvalue weighted by Crippen LogP contribution is -2.15. The van der Waals surface area contributed by atoms with Crippen LogP contribution in [0.25, 0.3) is 0 Å². The van der Waals surface area contributed by atoms with E-state index in [4.69, 9.17) is 0 Å². The lowest BCUT2D eigenvalue weighted by atomic mass is 10.3. The van der Waals surface area contributed by atoms with Crippen molar-refractivity contribution in [1.82, 2.24) is 4.98 Å². The Hall–Kier alpha value is -0.920. The van der Waals surface area contributed by atoms with Crippen molar-refractivity contribution in [2.24, 2.45) is 0 Å². The summed E-state index contributed by atoms with van der Waals surface area (Å²) in [6.07, 6.45) is 0. The number of aromatic nitrogens is 1. The average molecular weight is 478 g/mol. The number of nitrogens with zero attached hydrogens (tertiary/aromatic N) is 1. The molecule has 1 aromatic heterocycles. The Bertz CT molecular complexity index is 653. The van der Waals surface area contributed by atoms with E-state index in [1.54, 1.807) is 12.1 Å². The molecule has 0 radical (unpaired) electrons. The Morgan fingerprint density at radius 3 is 2.48 bits per heavy atom. The van der Waals surface area contributed by atoms with Gasteiger partial charge >= 0.3 is 0 Å². The van der Waals surface area contributed by atoms with Crippen LogP contribution in [-0.4, -0.2) is 17.4 Å². The van der Waals surface area contributed by atoms with Crippen molar-refractivity contribution in [3.05, 3.63) is 49.4 Å². The topological polar surface area (TPSA) is 54.0 Å². The molecule has 0 spiro atoms. The highest BCUT2D eigenvalue weighted by molar-refractivity contribution is 9.11. The monoisotopic (exact) mass is 475 g/mol. The molecule has 1 heterocycles. The first kappa shape index (κ1) is 16.5. The summed E-state index contributed by atoms with van der Waals surface area (Å²) in [5.74, 6) is 0.414. The molecule has 0 atom stereocenters. The van der Waals surface area contributed by atoms with Crippen LogP contribution in [-0.2, 0) is 0 Å². The van der Waals surface area contributed by atoms with Crippen LogP contribution in [0.4, 0.5) is 11.5 Å². The zero-order chi connectivity index (χ0) is 15.4. The molecule has 0 fully saturated rings. The van der Waals surface area contributed by atoms with Crippen molar-refractivity contribution >= 4 is 65.2 Å². The summed E-state index contributed by atoms with van der Waals surface area (Å²) in [5, 5.41) is 5.93. The van der Waals surface area contributed by atoms with Gasteiger partial charge in [-0.3, -0.25) is 4.79 Å². The van der Waals surface area contributed by atoms with Crippen LogP contribution < -0.4 is 10.6 Å². The van der Waals surface area contributed by atoms with Gasteiger partial charge in [-0.1, -0.05) is 22.0 Å². The van der Waals surface area contributed by atoms with Crippen LogP contribution in [0.15, 0.2) is 43.7 Å². The van der Waals surface area contributed by atoms with Gasteiger partial charge in [0, 0.05) is 20.0 Å². The molecule has 21 heavy (non-hydrogen) atoms. The van der Waals surface area contributed by atoms with Crippen molar-refractivity contribution in [2.45, 2.75) is 6.92 Å². The van der Waals surface area contributed by atoms with Crippen molar-refractivity contribution in [2.75, 3.05) is 17.2 Å². The number of rotatable bonds is 4. The fourth-order valence-electron chi connectivity index (χ4n) is 1.68. The number of hydrogen-bond acceptors (Lipinski definition) is 3. The zero-order valence-corrected chi connectivity index (χ0v) is 15.8. The summed E-state index contributed by atoms with van der Waals surface area (Å²) in [6.45, 7) is 2.73. The number of carbonyl (C=O) groups excluding carboxylic acids is 1. The Balaban J connectivity index is 2.24. The molecule has 0 aliphatic heterocycles. The van der Waals surface area contributed by atoms with Gasteiger partial charge in [0.25, 0.3) is 5.91 Å². The van der Waals surface area contributed by atoms with Crippen molar-refractivity contribution in [3.63, 3.8) is 0 Å². The molecule has 2 N–H and O–H groups in total. The molecule has 2 rings (SSSR count). The second-order valence-corrected chi connectivity index (χ2v) is 6.76. The quantitative estimate of drug-likeness (QED) is 0.647. The average Bonchev–Trinajstić information content (AvgIpc) is 2.43. The number of amides is 1.